The molecule has 0 spiro atoms. The maximum Gasteiger partial charge on any atom is 0.256 e. The van der Waals surface area contributed by atoms with Crippen molar-refractivity contribution in [3.8, 4) is 11.1 Å². The summed E-state index contributed by atoms with van der Waals surface area (Å²) in [5.41, 5.74) is 2.06. The molecular weight excluding hydrogens is 366 g/mol. The van der Waals surface area contributed by atoms with E-state index in [1.165, 1.54) is 0 Å². The second-order valence-corrected chi connectivity index (χ2v) is 7.72. The third kappa shape index (κ3) is 4.82. The van der Waals surface area contributed by atoms with Crippen LogP contribution in [-0.2, 0) is 20.7 Å². The predicted octanol–water partition coefficient (Wildman–Crippen LogP) is 2.78. The van der Waals surface area contributed by atoms with Crippen LogP contribution in [0.25, 0.3) is 11.1 Å². The van der Waals surface area contributed by atoms with Gasteiger partial charge in [0, 0.05) is 45.9 Å². The standard InChI is InChI=1S/C23H29N3O3/c1-4-6-21(27)26-13-14-29-23(17-26,22(28)25(2)3)15-18-8-10-19(11-9-18)20-7-5-12-24-16-20/h5,7-12,16H,4,6,13-15,17H2,1-3H3/t23-/m0/s1. The zero-order valence-electron chi connectivity index (χ0n) is 17.4. The molecule has 0 aliphatic carbocycles. The summed E-state index contributed by atoms with van der Waals surface area (Å²) in [6.07, 6.45) is 5.29. The van der Waals surface area contributed by atoms with Gasteiger partial charge in [0.2, 0.25) is 5.91 Å². The van der Waals surface area contributed by atoms with Crippen LogP contribution in [0.3, 0.4) is 0 Å². The molecule has 1 fully saturated rings. The number of hydrogen-bond acceptors (Lipinski definition) is 4. The Labute approximate surface area is 172 Å². The smallest absolute Gasteiger partial charge is 0.256 e. The molecular formula is C23H29N3O3. The van der Waals surface area contributed by atoms with Gasteiger partial charge in [0.05, 0.1) is 13.2 Å². The van der Waals surface area contributed by atoms with Crippen LogP contribution in [0.1, 0.15) is 25.3 Å². The van der Waals surface area contributed by atoms with Crippen molar-refractivity contribution in [1.82, 2.24) is 14.8 Å². The average molecular weight is 396 g/mol. The topological polar surface area (TPSA) is 62.7 Å². The Hall–Kier alpha value is -2.73. The molecule has 2 amide bonds. The molecule has 0 bridgehead atoms. The molecule has 1 aliphatic heterocycles. The second kappa shape index (κ2) is 9.18. The van der Waals surface area contributed by atoms with E-state index in [0.717, 1.165) is 23.1 Å². The molecule has 1 aliphatic rings. The molecule has 0 radical (unpaired) electrons. The lowest BCUT2D eigenvalue weighted by Crippen LogP contribution is -2.61. The monoisotopic (exact) mass is 395 g/mol. The van der Waals surface area contributed by atoms with E-state index < -0.39 is 5.60 Å². The Morgan fingerprint density at radius 1 is 1.17 bits per heavy atom. The highest BCUT2D eigenvalue weighted by atomic mass is 16.5. The summed E-state index contributed by atoms with van der Waals surface area (Å²) in [5.74, 6) is -0.0264. The summed E-state index contributed by atoms with van der Waals surface area (Å²) < 4.78 is 6.07. The first kappa shape index (κ1) is 21.0. The van der Waals surface area contributed by atoms with Gasteiger partial charge < -0.3 is 14.5 Å². The van der Waals surface area contributed by atoms with Crippen molar-refractivity contribution in [2.45, 2.75) is 31.8 Å². The van der Waals surface area contributed by atoms with Crippen LogP contribution < -0.4 is 0 Å². The Morgan fingerprint density at radius 3 is 2.55 bits per heavy atom. The largest absolute Gasteiger partial charge is 0.361 e. The molecule has 1 aromatic carbocycles. The van der Waals surface area contributed by atoms with Gasteiger partial charge in [-0.2, -0.15) is 0 Å². The highest BCUT2D eigenvalue weighted by Gasteiger charge is 2.45. The second-order valence-electron chi connectivity index (χ2n) is 7.72. The van der Waals surface area contributed by atoms with Crippen LogP contribution >= 0.6 is 0 Å². The highest BCUT2D eigenvalue weighted by Crippen LogP contribution is 2.27. The van der Waals surface area contributed by atoms with Crippen LogP contribution in [-0.4, -0.2) is 66.0 Å². The van der Waals surface area contributed by atoms with Crippen molar-refractivity contribution in [1.29, 1.82) is 0 Å². The van der Waals surface area contributed by atoms with Gasteiger partial charge >= 0.3 is 0 Å². The molecule has 3 rings (SSSR count). The maximum absolute atomic E-state index is 13.1. The number of carbonyl (C=O) groups is 2. The van der Waals surface area contributed by atoms with Crippen LogP contribution in [0.4, 0.5) is 0 Å². The van der Waals surface area contributed by atoms with Gasteiger partial charge in [0.1, 0.15) is 0 Å². The third-order valence-electron chi connectivity index (χ3n) is 5.24. The fourth-order valence-corrected chi connectivity index (χ4v) is 3.77. The molecule has 29 heavy (non-hydrogen) atoms. The zero-order valence-corrected chi connectivity index (χ0v) is 17.4. The number of aromatic nitrogens is 1. The number of nitrogens with zero attached hydrogens (tertiary/aromatic N) is 3. The first-order valence-electron chi connectivity index (χ1n) is 10.1. The van der Waals surface area contributed by atoms with Crippen molar-refractivity contribution < 1.29 is 14.3 Å². The minimum Gasteiger partial charge on any atom is -0.361 e. The van der Waals surface area contributed by atoms with Crippen LogP contribution in [0.15, 0.2) is 48.8 Å². The van der Waals surface area contributed by atoms with Crippen LogP contribution in [0.5, 0.6) is 0 Å². The number of hydrogen-bond donors (Lipinski definition) is 0. The Kier molecular flexibility index (Phi) is 6.64. The van der Waals surface area contributed by atoms with Crippen molar-refractivity contribution in [3.05, 3.63) is 54.4 Å². The number of likely N-dealkylation sites (N-methyl/N-ethyl adjacent to an activating group) is 1. The van der Waals surface area contributed by atoms with Gasteiger partial charge in [-0.1, -0.05) is 37.3 Å². The van der Waals surface area contributed by atoms with Crippen LogP contribution in [0, 0.1) is 0 Å². The fourth-order valence-electron chi connectivity index (χ4n) is 3.77. The summed E-state index contributed by atoms with van der Waals surface area (Å²) in [4.78, 5) is 33.1. The lowest BCUT2D eigenvalue weighted by atomic mass is 9.90. The van der Waals surface area contributed by atoms with Gasteiger partial charge in [-0.3, -0.25) is 14.6 Å². The van der Waals surface area contributed by atoms with Crippen molar-refractivity contribution >= 4 is 11.8 Å². The molecule has 6 heteroatoms. The lowest BCUT2D eigenvalue weighted by molar-refractivity contribution is -0.172. The van der Waals surface area contributed by atoms with E-state index in [1.807, 2.05) is 49.5 Å². The number of rotatable bonds is 6. The van der Waals surface area contributed by atoms with E-state index in [0.29, 0.717) is 26.0 Å². The quantitative estimate of drug-likeness (QED) is 0.755. The fraction of sp³-hybridized carbons (Fsp3) is 0.435. The van der Waals surface area contributed by atoms with Crippen LogP contribution in [0.2, 0.25) is 0 Å². The van der Waals surface area contributed by atoms with E-state index in [-0.39, 0.29) is 18.4 Å². The predicted molar refractivity (Wildman–Crippen MR) is 112 cm³/mol. The van der Waals surface area contributed by atoms with E-state index in [4.69, 9.17) is 4.74 Å². The SMILES string of the molecule is CCCC(=O)N1CCO[C@](Cc2ccc(-c3cccnc3)cc2)(C(=O)N(C)C)C1. The van der Waals surface area contributed by atoms with Crippen molar-refractivity contribution in [2.75, 3.05) is 33.8 Å². The molecule has 0 unspecified atom stereocenters. The lowest BCUT2D eigenvalue weighted by Gasteiger charge is -2.43. The first-order chi connectivity index (χ1) is 13.9. The number of pyridine rings is 1. The van der Waals surface area contributed by atoms with Crippen molar-refractivity contribution in [2.24, 2.45) is 0 Å². The summed E-state index contributed by atoms with van der Waals surface area (Å²) >= 11 is 0. The van der Waals surface area contributed by atoms with E-state index in [2.05, 4.69) is 4.98 Å². The third-order valence-corrected chi connectivity index (χ3v) is 5.24. The number of carbonyl (C=O) groups excluding carboxylic acids is 2. The van der Waals surface area contributed by atoms with Gasteiger partial charge in [-0.05, 0) is 29.2 Å². The van der Waals surface area contributed by atoms with Gasteiger partial charge in [0.15, 0.2) is 5.60 Å². The minimum atomic E-state index is -1.05. The number of benzene rings is 1. The minimum absolute atomic E-state index is 0.0821. The van der Waals surface area contributed by atoms with E-state index in [1.54, 1.807) is 30.1 Å². The van der Waals surface area contributed by atoms with Gasteiger partial charge in [0.25, 0.3) is 5.91 Å². The average Bonchev–Trinajstić information content (AvgIpc) is 2.74. The van der Waals surface area contributed by atoms with Gasteiger partial charge in [-0.25, -0.2) is 0 Å². The molecule has 0 N–H and O–H groups in total. The summed E-state index contributed by atoms with van der Waals surface area (Å²) in [7, 11) is 3.46. The molecule has 1 atom stereocenters. The molecule has 2 aromatic rings. The summed E-state index contributed by atoms with van der Waals surface area (Å²) in [6, 6.07) is 12.0. The maximum atomic E-state index is 13.1. The van der Waals surface area contributed by atoms with Gasteiger partial charge in [-0.15, -0.1) is 0 Å². The number of amides is 2. The summed E-state index contributed by atoms with van der Waals surface area (Å²) in [5, 5.41) is 0. The first-order valence-corrected chi connectivity index (χ1v) is 10.1. The summed E-state index contributed by atoms with van der Waals surface area (Å²) in [6.45, 7) is 3.16. The highest BCUT2D eigenvalue weighted by molar-refractivity contribution is 5.87. The zero-order chi connectivity index (χ0) is 20.9. The Bertz CT molecular complexity index is 836. The van der Waals surface area contributed by atoms with E-state index in [9.17, 15) is 9.59 Å². The Balaban J connectivity index is 1.84. The normalized spacial score (nSPS) is 19.1. The molecule has 2 heterocycles. The molecule has 0 saturated carbocycles. The molecule has 1 aromatic heterocycles. The number of ether oxygens (including phenoxy) is 1. The van der Waals surface area contributed by atoms with E-state index >= 15 is 0 Å². The number of morpholine rings is 1. The molecule has 1 saturated heterocycles. The molecule has 154 valence electrons. The van der Waals surface area contributed by atoms with Crippen molar-refractivity contribution in [3.63, 3.8) is 0 Å². The Morgan fingerprint density at radius 2 is 1.93 bits per heavy atom. The molecule has 6 nitrogen and oxygen atoms in total.